The number of hydrogen-bond acceptors (Lipinski definition) is 5. The van der Waals surface area contributed by atoms with Crippen molar-refractivity contribution >= 4 is 39.8 Å². The van der Waals surface area contributed by atoms with Crippen molar-refractivity contribution in [1.82, 2.24) is 15.2 Å². The van der Waals surface area contributed by atoms with E-state index >= 15 is 0 Å². The lowest BCUT2D eigenvalue weighted by atomic mass is 9.79. The molecular formula is C25H23AlF3N5O3. The van der Waals surface area contributed by atoms with Gasteiger partial charge in [0.1, 0.15) is 24.5 Å². The van der Waals surface area contributed by atoms with Crippen molar-refractivity contribution in [2.45, 2.75) is 54.6 Å². The van der Waals surface area contributed by atoms with Gasteiger partial charge in [0.2, 0.25) is 28.1 Å². The Morgan fingerprint density at radius 2 is 2.03 bits per heavy atom. The molecule has 4 atom stereocenters. The summed E-state index contributed by atoms with van der Waals surface area (Å²) in [5.41, 5.74) is 1.97. The fraction of sp³-hybridized carbons (Fsp3) is 0.400. The van der Waals surface area contributed by atoms with E-state index in [1.54, 1.807) is 31.2 Å². The number of nitriles is 1. The number of amides is 3. The summed E-state index contributed by atoms with van der Waals surface area (Å²) in [7, 11) is 0. The summed E-state index contributed by atoms with van der Waals surface area (Å²) in [6.07, 6.45) is -2.14. The third-order valence-corrected chi connectivity index (χ3v) is 9.25. The normalized spacial score (nSPS) is 26.5. The topological polar surface area (TPSA) is 115 Å². The number of fused-ring (bicyclic) bond motifs is 3. The van der Waals surface area contributed by atoms with E-state index < -0.39 is 42.0 Å². The Bertz CT molecular complexity index is 1370. The van der Waals surface area contributed by atoms with Crippen LogP contribution in [0.15, 0.2) is 30.5 Å². The smallest absolute Gasteiger partial charge is 0.340 e. The lowest BCUT2D eigenvalue weighted by Crippen LogP contribution is -2.59. The molecule has 37 heavy (non-hydrogen) atoms. The summed E-state index contributed by atoms with van der Waals surface area (Å²) >= 11 is 0.579. The van der Waals surface area contributed by atoms with Crippen molar-refractivity contribution in [3.63, 3.8) is 0 Å². The summed E-state index contributed by atoms with van der Waals surface area (Å²) < 4.78 is 39.1. The maximum Gasteiger partial charge on any atom is 0.406 e. The van der Waals surface area contributed by atoms with Gasteiger partial charge < -0.3 is 15.5 Å². The molecule has 1 saturated heterocycles. The van der Waals surface area contributed by atoms with Crippen LogP contribution in [0.2, 0.25) is 4.78 Å². The second-order valence-corrected chi connectivity index (χ2v) is 11.6. The minimum Gasteiger partial charge on any atom is -0.340 e. The number of alkyl halides is 3. The molecule has 190 valence electrons. The molecule has 2 aliphatic heterocycles. The molecule has 5 rings (SSSR count). The molecule has 2 N–H and O–H groups in total. The third kappa shape index (κ3) is 4.37. The summed E-state index contributed by atoms with van der Waals surface area (Å²) in [4.78, 5) is 43.9. The Balaban J connectivity index is 1.36. The average Bonchev–Trinajstić information content (AvgIpc) is 3.36. The van der Waals surface area contributed by atoms with Gasteiger partial charge in [-0.15, -0.1) is 0 Å². The van der Waals surface area contributed by atoms with Gasteiger partial charge in [-0.1, -0.05) is 10.8 Å². The average molecular weight is 525 g/mol. The number of aromatic nitrogens is 1. The number of halogens is 3. The van der Waals surface area contributed by atoms with Crippen molar-refractivity contribution < 1.29 is 27.6 Å². The molecule has 0 unspecified atom stereocenters. The Morgan fingerprint density at radius 1 is 1.30 bits per heavy atom. The summed E-state index contributed by atoms with van der Waals surface area (Å²) in [5, 5.41) is 14.7. The maximum absolute atomic E-state index is 13.1. The molecule has 1 fully saturated rings. The van der Waals surface area contributed by atoms with E-state index in [0.29, 0.717) is 52.5 Å². The molecule has 1 spiro atoms. The van der Waals surface area contributed by atoms with E-state index in [-0.39, 0.29) is 16.3 Å². The lowest BCUT2D eigenvalue weighted by molar-refractivity contribution is -0.169. The molecule has 0 saturated carbocycles. The fourth-order valence-electron chi connectivity index (χ4n) is 5.66. The van der Waals surface area contributed by atoms with Crippen molar-refractivity contribution in [3.05, 3.63) is 58.3 Å². The second kappa shape index (κ2) is 8.86. The largest absolute Gasteiger partial charge is 0.406 e. The number of pyridine rings is 1. The van der Waals surface area contributed by atoms with Crippen LogP contribution in [0.5, 0.6) is 0 Å². The van der Waals surface area contributed by atoms with Crippen LogP contribution < -0.4 is 10.6 Å². The van der Waals surface area contributed by atoms with Crippen LogP contribution in [-0.4, -0.2) is 68.7 Å². The first-order chi connectivity index (χ1) is 17.4. The van der Waals surface area contributed by atoms with Crippen LogP contribution in [0.3, 0.4) is 0 Å². The molecule has 1 aromatic carbocycles. The predicted molar refractivity (Wildman–Crippen MR) is 129 cm³/mol. The first-order valence-corrected chi connectivity index (χ1v) is 13.1. The molecule has 8 nitrogen and oxygen atoms in total. The van der Waals surface area contributed by atoms with Gasteiger partial charge in [-0.25, -0.2) is 4.98 Å². The number of anilines is 1. The van der Waals surface area contributed by atoms with Crippen LogP contribution in [0, 0.1) is 11.3 Å². The number of benzene rings is 1. The number of hydrogen-bond donors (Lipinski definition) is 2. The summed E-state index contributed by atoms with van der Waals surface area (Å²) in [6, 6.07) is 7.13. The minimum absolute atomic E-state index is 0.0990. The Hall–Kier alpha value is -3.41. The molecule has 3 heterocycles. The number of rotatable bonds is 3. The Morgan fingerprint density at radius 3 is 2.73 bits per heavy atom. The van der Waals surface area contributed by atoms with E-state index in [4.69, 9.17) is 0 Å². The van der Waals surface area contributed by atoms with Gasteiger partial charge in [0.05, 0.1) is 11.0 Å². The van der Waals surface area contributed by atoms with E-state index in [2.05, 4.69) is 15.6 Å². The predicted octanol–water partition coefficient (Wildman–Crippen LogP) is 1.65. The molecule has 1 aromatic heterocycles. The minimum atomic E-state index is -4.53. The van der Waals surface area contributed by atoms with Crippen LogP contribution in [0.25, 0.3) is 0 Å². The van der Waals surface area contributed by atoms with Crippen molar-refractivity contribution in [3.8, 4) is 6.07 Å². The second-order valence-electron chi connectivity index (χ2n) is 10.2. The zero-order valence-electron chi connectivity index (χ0n) is 20.1. The SMILES string of the molecule is C[C@@H]1[C@H]([AlH2])C[C@H](NC(=O)c2ccc3c(c2)C[C@@]2(C3)C(=O)Nc3ncc(C#N)cc32)C(=O)N1CC(F)(F)F. The zero-order valence-corrected chi connectivity index (χ0v) is 22.1. The monoisotopic (exact) mass is 525 g/mol. The van der Waals surface area contributed by atoms with Crippen LogP contribution in [-0.2, 0) is 27.8 Å². The number of nitrogens with zero attached hydrogens (tertiary/aromatic N) is 3. The highest BCUT2D eigenvalue weighted by Gasteiger charge is 2.51. The van der Waals surface area contributed by atoms with Gasteiger partial charge in [-0.2, -0.15) is 18.4 Å². The van der Waals surface area contributed by atoms with Gasteiger partial charge in [-0.05, 0) is 55.5 Å². The molecule has 2 aromatic rings. The molecular weight excluding hydrogens is 502 g/mol. The Labute approximate surface area is 218 Å². The van der Waals surface area contributed by atoms with Gasteiger partial charge in [-0.3, -0.25) is 14.4 Å². The Kier molecular flexibility index (Phi) is 6.05. The van der Waals surface area contributed by atoms with Crippen LogP contribution in [0.4, 0.5) is 19.0 Å². The van der Waals surface area contributed by atoms with E-state index in [0.717, 1.165) is 16.0 Å². The first-order valence-electron chi connectivity index (χ1n) is 11.9. The molecule has 1 aliphatic carbocycles. The van der Waals surface area contributed by atoms with Crippen molar-refractivity contribution in [2.75, 3.05) is 11.9 Å². The number of likely N-dealkylation sites (tertiary alicyclic amines) is 1. The highest BCUT2D eigenvalue weighted by molar-refractivity contribution is 6.13. The number of nitrogens with one attached hydrogen (secondary N) is 2. The highest BCUT2D eigenvalue weighted by Crippen LogP contribution is 2.47. The molecule has 0 bridgehead atoms. The first kappa shape index (κ1) is 25.3. The van der Waals surface area contributed by atoms with Gasteiger partial charge in [0, 0.05) is 23.4 Å². The highest BCUT2D eigenvalue weighted by atomic mass is 27.0. The van der Waals surface area contributed by atoms with Crippen molar-refractivity contribution in [2.24, 2.45) is 0 Å². The van der Waals surface area contributed by atoms with E-state index in [9.17, 15) is 32.8 Å². The fourth-order valence-corrected chi connectivity index (χ4v) is 6.49. The van der Waals surface area contributed by atoms with Crippen LogP contribution >= 0.6 is 0 Å². The third-order valence-electron chi connectivity index (χ3n) is 7.81. The summed E-state index contributed by atoms with van der Waals surface area (Å²) in [6.45, 7) is 0.271. The van der Waals surface area contributed by atoms with Gasteiger partial charge in [0.25, 0.3) is 5.91 Å². The van der Waals surface area contributed by atoms with E-state index in [1.165, 1.54) is 6.20 Å². The van der Waals surface area contributed by atoms with Gasteiger partial charge in [0.15, 0.2) is 0 Å². The number of piperidine rings is 1. The van der Waals surface area contributed by atoms with Crippen molar-refractivity contribution in [1.29, 1.82) is 5.26 Å². The maximum atomic E-state index is 13.1. The van der Waals surface area contributed by atoms with E-state index in [1.807, 2.05) is 6.07 Å². The summed E-state index contributed by atoms with van der Waals surface area (Å²) in [5.74, 6) is -1.09. The molecule has 3 amide bonds. The number of carbonyl (C=O) groups excluding carboxylic acids is 3. The lowest BCUT2D eigenvalue weighted by Gasteiger charge is -2.42. The zero-order chi connectivity index (χ0) is 26.7. The van der Waals surface area contributed by atoms with Gasteiger partial charge >= 0.3 is 6.18 Å². The molecule has 12 heteroatoms. The quantitative estimate of drug-likeness (QED) is 0.592. The van der Waals surface area contributed by atoms with Crippen LogP contribution in [0.1, 0.15) is 46.0 Å². The standard InChI is InChI=1S/C25H21F3N5O3.Al.2H/c1-13-2-5-19(22(35)33(13)12-25(26,27)28)31-21(34)15-3-4-16-8-24(9-17(16)7-15)18-6-14(10-29)11-30-20(18)32-23(24)36;;;/h2-4,6-7,11,13,19H,5,8-9,12H2,1H3,(H,31,34)(H,30,32,36);;;/t13-,19+,24-;;;/m1.../s1. The molecule has 3 aliphatic rings. The molecule has 0 radical (unpaired) electrons. The number of carbonyl (C=O) groups is 3.